The van der Waals surface area contributed by atoms with Gasteiger partial charge >= 0.3 is 0 Å². The van der Waals surface area contributed by atoms with Crippen LogP contribution in [-0.4, -0.2) is 59.0 Å². The van der Waals surface area contributed by atoms with E-state index < -0.39 is 59.8 Å². The Hall–Kier alpha value is -2.94. The van der Waals surface area contributed by atoms with Gasteiger partial charge in [-0.05, 0) is 24.3 Å². The van der Waals surface area contributed by atoms with Crippen LogP contribution in [0.1, 0.15) is 53.5 Å². The molecule has 194 valence electrons. The average Bonchev–Trinajstić information content (AvgIpc) is 2.82. The van der Waals surface area contributed by atoms with Crippen LogP contribution in [0, 0.1) is 17.8 Å². The lowest BCUT2D eigenvalue weighted by atomic mass is 9.92. The maximum Gasteiger partial charge on any atom is 0.243 e. The molecule has 0 bridgehead atoms. The molecule has 0 radical (unpaired) electrons. The zero-order valence-corrected chi connectivity index (χ0v) is 21.5. The van der Waals surface area contributed by atoms with Crippen molar-refractivity contribution in [2.24, 2.45) is 17.8 Å². The summed E-state index contributed by atoms with van der Waals surface area (Å²) in [5.41, 5.74) is 0.827. The van der Waals surface area contributed by atoms with E-state index in [1.54, 1.807) is 20.8 Å². The molecule has 4 amide bonds. The van der Waals surface area contributed by atoms with Crippen LogP contribution in [0.2, 0.25) is 0 Å². The van der Waals surface area contributed by atoms with Gasteiger partial charge in [0.25, 0.3) is 0 Å². The lowest BCUT2D eigenvalue weighted by Gasteiger charge is -2.34. The van der Waals surface area contributed by atoms with Crippen LogP contribution in [0.15, 0.2) is 30.3 Å². The summed E-state index contributed by atoms with van der Waals surface area (Å²) in [5.74, 6) is -3.14. The minimum Gasteiger partial charge on any atom is -0.393 e. The normalized spacial score (nSPS) is 26.9. The number of aliphatic hydroxyl groups excluding tert-OH is 1. The smallest absolute Gasteiger partial charge is 0.243 e. The number of carbonyl (C=O) groups is 4. The molecule has 35 heavy (non-hydrogen) atoms. The van der Waals surface area contributed by atoms with Crippen molar-refractivity contribution in [1.82, 2.24) is 21.3 Å². The quantitative estimate of drug-likeness (QED) is 0.388. The Kier molecular flexibility index (Phi) is 10.2. The molecule has 1 heterocycles. The predicted molar refractivity (Wildman–Crippen MR) is 133 cm³/mol. The summed E-state index contributed by atoms with van der Waals surface area (Å²) in [6.07, 6.45) is -0.0751. The highest BCUT2D eigenvalue weighted by Gasteiger charge is 2.38. The molecule has 1 aromatic carbocycles. The van der Waals surface area contributed by atoms with E-state index in [9.17, 15) is 24.3 Å². The maximum atomic E-state index is 13.4. The van der Waals surface area contributed by atoms with Crippen LogP contribution in [-0.2, 0) is 25.6 Å². The summed E-state index contributed by atoms with van der Waals surface area (Å²) in [4.78, 5) is 53.2. The molecule has 1 saturated heterocycles. The number of aliphatic hydroxyl groups is 1. The second-order valence-corrected chi connectivity index (χ2v) is 9.94. The van der Waals surface area contributed by atoms with Gasteiger partial charge in [0.1, 0.15) is 24.2 Å². The van der Waals surface area contributed by atoms with Gasteiger partial charge in [-0.25, -0.2) is 0 Å². The zero-order valence-electron chi connectivity index (χ0n) is 21.5. The molecule has 9 nitrogen and oxygen atoms in total. The third-order valence-corrected chi connectivity index (χ3v) is 6.82. The Labute approximate surface area is 207 Å². The molecule has 1 fully saturated rings. The lowest BCUT2D eigenvalue weighted by Crippen LogP contribution is -2.64. The van der Waals surface area contributed by atoms with Gasteiger partial charge in [-0.15, -0.1) is 0 Å². The van der Waals surface area contributed by atoms with Gasteiger partial charge in [0.2, 0.25) is 23.6 Å². The molecular weight excluding hydrogens is 448 g/mol. The Bertz CT molecular complexity index is 889. The van der Waals surface area contributed by atoms with Crippen molar-refractivity contribution in [2.75, 3.05) is 0 Å². The van der Waals surface area contributed by atoms with Gasteiger partial charge in [-0.1, -0.05) is 71.4 Å². The first kappa shape index (κ1) is 28.3. The number of amides is 4. The van der Waals surface area contributed by atoms with Crippen LogP contribution in [0.3, 0.4) is 0 Å². The monoisotopic (exact) mass is 488 g/mol. The van der Waals surface area contributed by atoms with Crippen molar-refractivity contribution in [3.8, 4) is 0 Å². The number of carbonyl (C=O) groups excluding carboxylic acids is 4. The van der Waals surface area contributed by atoms with Gasteiger partial charge in [0.15, 0.2) is 0 Å². The van der Waals surface area contributed by atoms with Gasteiger partial charge < -0.3 is 26.4 Å². The molecule has 1 aliphatic rings. The molecule has 9 heteroatoms. The first-order valence-electron chi connectivity index (χ1n) is 12.4. The Balaban J connectivity index is 2.51. The third kappa shape index (κ3) is 7.52. The van der Waals surface area contributed by atoms with E-state index in [0.29, 0.717) is 6.42 Å². The Morgan fingerprint density at radius 1 is 0.743 bits per heavy atom. The zero-order chi connectivity index (χ0) is 26.3. The number of nitrogens with one attached hydrogen (secondary N) is 4. The van der Waals surface area contributed by atoms with Gasteiger partial charge in [0, 0.05) is 12.3 Å². The van der Waals surface area contributed by atoms with E-state index in [4.69, 9.17) is 0 Å². The predicted octanol–water partition coefficient (Wildman–Crippen LogP) is 0.901. The van der Waals surface area contributed by atoms with Crippen molar-refractivity contribution in [3.63, 3.8) is 0 Å². The third-order valence-electron chi connectivity index (χ3n) is 6.82. The Morgan fingerprint density at radius 2 is 1.26 bits per heavy atom. The minimum atomic E-state index is -1.10. The van der Waals surface area contributed by atoms with Gasteiger partial charge in [-0.3, -0.25) is 19.2 Å². The fraction of sp³-hybridized carbons (Fsp3) is 0.615. The van der Waals surface area contributed by atoms with E-state index in [-0.39, 0.29) is 18.3 Å². The van der Waals surface area contributed by atoms with Crippen molar-refractivity contribution in [2.45, 2.75) is 84.7 Å². The molecule has 0 unspecified atom stereocenters. The molecule has 0 aliphatic carbocycles. The average molecular weight is 489 g/mol. The molecule has 0 aromatic heterocycles. The summed E-state index contributed by atoms with van der Waals surface area (Å²) in [6.45, 7) is 10.5. The van der Waals surface area contributed by atoms with E-state index in [0.717, 1.165) is 5.56 Å². The molecule has 1 aromatic rings. The van der Waals surface area contributed by atoms with Gasteiger partial charge in [0.05, 0.1) is 6.10 Å². The number of benzene rings is 1. The largest absolute Gasteiger partial charge is 0.393 e. The van der Waals surface area contributed by atoms with Crippen LogP contribution in [0.4, 0.5) is 0 Å². The molecule has 7 atom stereocenters. The highest BCUT2D eigenvalue weighted by molar-refractivity contribution is 5.97. The number of rotatable bonds is 7. The molecular formula is C26H40N4O5. The molecule has 5 N–H and O–H groups in total. The van der Waals surface area contributed by atoms with E-state index in [1.807, 2.05) is 44.2 Å². The first-order valence-corrected chi connectivity index (χ1v) is 12.4. The molecule has 0 saturated carbocycles. The topological polar surface area (TPSA) is 137 Å². The second-order valence-electron chi connectivity index (χ2n) is 9.94. The Morgan fingerprint density at radius 3 is 1.80 bits per heavy atom. The highest BCUT2D eigenvalue weighted by Crippen LogP contribution is 2.15. The van der Waals surface area contributed by atoms with Crippen molar-refractivity contribution < 1.29 is 24.3 Å². The first-order chi connectivity index (χ1) is 16.5. The van der Waals surface area contributed by atoms with Crippen LogP contribution in [0.25, 0.3) is 0 Å². The van der Waals surface area contributed by atoms with E-state index >= 15 is 0 Å². The summed E-state index contributed by atoms with van der Waals surface area (Å²) in [5, 5.41) is 21.3. The lowest BCUT2D eigenvalue weighted by molar-refractivity contribution is -0.139. The van der Waals surface area contributed by atoms with Crippen molar-refractivity contribution in [3.05, 3.63) is 35.9 Å². The van der Waals surface area contributed by atoms with Gasteiger partial charge in [-0.2, -0.15) is 0 Å². The molecule has 0 spiro atoms. The number of hydrogen-bond donors (Lipinski definition) is 5. The standard InChI is InChI=1S/C26H40N4O5/c1-7-15(4)21-25(34)28-20(14(2)3)24(33)30-22(16(5)17(6)31)26(35)27-19(23(32)29-21)13-18-11-9-8-10-12-18/h8-12,14-17,19-22,31H,7,13H2,1-6H3,(H,27,35)(H,28,34)(H,29,32)(H,30,33)/t15-,16+,17+,19-,20-,21-,22-/m0/s1. The minimum absolute atomic E-state index is 0.200. The van der Waals surface area contributed by atoms with Crippen LogP contribution >= 0.6 is 0 Å². The van der Waals surface area contributed by atoms with Crippen LogP contribution < -0.4 is 21.3 Å². The summed E-state index contributed by atoms with van der Waals surface area (Å²) < 4.78 is 0. The molecule has 1 aliphatic heterocycles. The summed E-state index contributed by atoms with van der Waals surface area (Å²) >= 11 is 0. The summed E-state index contributed by atoms with van der Waals surface area (Å²) in [6, 6.07) is 5.35. The van der Waals surface area contributed by atoms with E-state index in [1.165, 1.54) is 6.92 Å². The highest BCUT2D eigenvalue weighted by atomic mass is 16.3. The maximum absolute atomic E-state index is 13.4. The fourth-order valence-electron chi connectivity index (χ4n) is 4.01. The van der Waals surface area contributed by atoms with Crippen LogP contribution in [0.5, 0.6) is 0 Å². The SMILES string of the molecule is CC[C@H](C)[C@@H]1NC(=O)[C@H](Cc2ccccc2)NC(=O)[C@H]([C@H](C)[C@@H](C)O)NC(=O)[C@H](C(C)C)NC1=O. The van der Waals surface area contributed by atoms with Crippen molar-refractivity contribution in [1.29, 1.82) is 0 Å². The van der Waals surface area contributed by atoms with Crippen molar-refractivity contribution >= 4 is 23.6 Å². The molecule has 2 rings (SSSR count). The van der Waals surface area contributed by atoms with E-state index in [2.05, 4.69) is 21.3 Å². The summed E-state index contributed by atoms with van der Waals surface area (Å²) in [7, 11) is 0. The second kappa shape index (κ2) is 12.7. The number of hydrogen-bond acceptors (Lipinski definition) is 5. The fourth-order valence-corrected chi connectivity index (χ4v) is 4.01.